The highest BCUT2D eigenvalue weighted by molar-refractivity contribution is 7.12. The second-order valence-electron chi connectivity index (χ2n) is 6.68. The van der Waals surface area contributed by atoms with Crippen LogP contribution in [0.2, 0.25) is 0 Å². The van der Waals surface area contributed by atoms with Crippen LogP contribution in [0.4, 0.5) is 13.2 Å². The molecule has 0 radical (unpaired) electrons. The van der Waals surface area contributed by atoms with Gasteiger partial charge in [-0.05, 0) is 23.8 Å². The normalized spacial score (nSPS) is 11.6. The van der Waals surface area contributed by atoms with Gasteiger partial charge in [0.1, 0.15) is 11.4 Å². The van der Waals surface area contributed by atoms with E-state index in [1.165, 1.54) is 11.6 Å². The van der Waals surface area contributed by atoms with E-state index in [9.17, 15) is 18.0 Å². The number of aromatic nitrogens is 3. The molecule has 2 aromatic heterocycles. The number of hydrazone groups is 1. The lowest BCUT2D eigenvalue weighted by atomic mass is 10.1. The summed E-state index contributed by atoms with van der Waals surface area (Å²) in [6, 6.07) is 16.5. The number of hydrogen-bond acceptors (Lipinski definition) is 6. The molecule has 0 bridgehead atoms. The highest BCUT2D eigenvalue weighted by Gasteiger charge is 2.35. The Balaban J connectivity index is 1.57. The number of methoxy groups -OCH3 is 1. The van der Waals surface area contributed by atoms with Crippen molar-refractivity contribution >= 4 is 23.5 Å². The number of benzene rings is 2. The van der Waals surface area contributed by atoms with Gasteiger partial charge >= 0.3 is 6.18 Å². The number of rotatable bonds is 6. The van der Waals surface area contributed by atoms with Crippen LogP contribution in [0.15, 0.2) is 71.1 Å². The zero-order valence-electron chi connectivity index (χ0n) is 17.1. The number of thiazole rings is 1. The van der Waals surface area contributed by atoms with Crippen molar-refractivity contribution in [1.29, 1.82) is 0 Å². The summed E-state index contributed by atoms with van der Waals surface area (Å²) in [6.45, 7) is 0. The van der Waals surface area contributed by atoms with Gasteiger partial charge in [-0.1, -0.05) is 42.5 Å². The summed E-state index contributed by atoms with van der Waals surface area (Å²) in [6.07, 6.45) is -3.19. The standard InChI is InChI=1S/C22H16F3N5O2S/c1-32-16-9-5-6-14(10-16)12-26-28-20(31)17-13-33-21(27-17)30-18(15-7-3-2-4-8-15)11-19(29-30)22(23,24)25/h2-13H,1H3,(H,28,31). The van der Waals surface area contributed by atoms with Crippen LogP contribution in [-0.2, 0) is 6.18 Å². The molecular formula is C22H16F3N5O2S. The van der Waals surface area contributed by atoms with Crippen molar-refractivity contribution in [3.63, 3.8) is 0 Å². The SMILES string of the molecule is COc1cccc(C=NNC(=O)c2csc(-n3nc(C(F)(F)F)cc3-c3ccccc3)n2)c1. The number of nitrogens with one attached hydrogen (secondary N) is 1. The van der Waals surface area contributed by atoms with E-state index in [1.807, 2.05) is 0 Å². The zero-order chi connectivity index (χ0) is 23.4. The van der Waals surface area contributed by atoms with Gasteiger partial charge in [0.2, 0.25) is 5.13 Å². The van der Waals surface area contributed by atoms with Crippen molar-refractivity contribution in [3.8, 4) is 22.1 Å². The van der Waals surface area contributed by atoms with Crippen LogP contribution in [0.25, 0.3) is 16.4 Å². The second kappa shape index (κ2) is 9.25. The molecule has 2 aromatic carbocycles. The molecule has 4 rings (SSSR count). The minimum Gasteiger partial charge on any atom is -0.497 e. The summed E-state index contributed by atoms with van der Waals surface area (Å²) in [5, 5.41) is 9.12. The van der Waals surface area contributed by atoms with E-state index in [2.05, 4.69) is 20.6 Å². The molecule has 4 aromatic rings. The third kappa shape index (κ3) is 5.09. The molecule has 0 saturated heterocycles. The van der Waals surface area contributed by atoms with Gasteiger partial charge in [0, 0.05) is 10.9 Å². The number of alkyl halides is 3. The Morgan fingerprint density at radius 3 is 2.67 bits per heavy atom. The highest BCUT2D eigenvalue weighted by atomic mass is 32.1. The highest BCUT2D eigenvalue weighted by Crippen LogP contribution is 2.33. The Bertz CT molecular complexity index is 1300. The summed E-state index contributed by atoms with van der Waals surface area (Å²) in [5.74, 6) is 0.0298. The Morgan fingerprint density at radius 1 is 1.15 bits per heavy atom. The van der Waals surface area contributed by atoms with E-state index in [0.29, 0.717) is 16.9 Å². The summed E-state index contributed by atoms with van der Waals surface area (Å²) in [7, 11) is 1.54. The predicted molar refractivity (Wildman–Crippen MR) is 118 cm³/mol. The van der Waals surface area contributed by atoms with Crippen molar-refractivity contribution in [2.45, 2.75) is 6.18 Å². The topological polar surface area (TPSA) is 81.4 Å². The van der Waals surface area contributed by atoms with Gasteiger partial charge < -0.3 is 4.74 Å². The largest absolute Gasteiger partial charge is 0.497 e. The molecule has 11 heteroatoms. The molecule has 0 saturated carbocycles. The maximum absolute atomic E-state index is 13.3. The van der Waals surface area contributed by atoms with Crippen LogP contribution in [0.1, 0.15) is 21.7 Å². The van der Waals surface area contributed by atoms with E-state index < -0.39 is 17.8 Å². The average Bonchev–Trinajstić information content (AvgIpc) is 3.47. The minimum absolute atomic E-state index is 0.000799. The van der Waals surface area contributed by atoms with Crippen LogP contribution in [0.3, 0.4) is 0 Å². The molecule has 0 aliphatic rings. The Kier molecular flexibility index (Phi) is 6.22. The first-order valence-electron chi connectivity index (χ1n) is 9.51. The fourth-order valence-electron chi connectivity index (χ4n) is 2.89. The summed E-state index contributed by atoms with van der Waals surface area (Å²) in [5.41, 5.74) is 2.75. The molecule has 33 heavy (non-hydrogen) atoms. The van der Waals surface area contributed by atoms with Crippen LogP contribution >= 0.6 is 11.3 Å². The van der Waals surface area contributed by atoms with Gasteiger partial charge in [-0.3, -0.25) is 4.79 Å². The van der Waals surface area contributed by atoms with Gasteiger partial charge in [0.15, 0.2) is 5.69 Å². The first-order valence-corrected chi connectivity index (χ1v) is 10.4. The van der Waals surface area contributed by atoms with Crippen molar-refractivity contribution in [2.24, 2.45) is 5.10 Å². The van der Waals surface area contributed by atoms with Crippen LogP contribution in [0.5, 0.6) is 5.75 Å². The van der Waals surface area contributed by atoms with E-state index in [-0.39, 0.29) is 16.5 Å². The number of hydrogen-bond donors (Lipinski definition) is 1. The number of amides is 1. The summed E-state index contributed by atoms with van der Waals surface area (Å²) >= 11 is 0.991. The third-order valence-corrected chi connectivity index (χ3v) is 5.26. The van der Waals surface area contributed by atoms with E-state index in [1.54, 1.807) is 61.7 Å². The quantitative estimate of drug-likeness (QED) is 0.324. The third-order valence-electron chi connectivity index (χ3n) is 4.45. The maximum Gasteiger partial charge on any atom is 0.435 e. The van der Waals surface area contributed by atoms with E-state index >= 15 is 0 Å². The van der Waals surface area contributed by atoms with Crippen LogP contribution in [0, 0.1) is 0 Å². The van der Waals surface area contributed by atoms with Crippen molar-refractivity contribution in [2.75, 3.05) is 7.11 Å². The minimum atomic E-state index is -4.62. The van der Waals surface area contributed by atoms with Gasteiger partial charge in [-0.25, -0.2) is 15.1 Å². The molecular weight excluding hydrogens is 455 g/mol. The number of carbonyl (C=O) groups is 1. The lowest BCUT2D eigenvalue weighted by Gasteiger charge is -2.03. The van der Waals surface area contributed by atoms with Crippen molar-refractivity contribution in [1.82, 2.24) is 20.2 Å². The van der Waals surface area contributed by atoms with Crippen molar-refractivity contribution < 1.29 is 22.7 Å². The van der Waals surface area contributed by atoms with Crippen LogP contribution < -0.4 is 10.2 Å². The second-order valence-corrected chi connectivity index (χ2v) is 7.52. The zero-order valence-corrected chi connectivity index (χ0v) is 17.9. The van der Waals surface area contributed by atoms with Gasteiger partial charge in [0.25, 0.3) is 5.91 Å². The summed E-state index contributed by atoms with van der Waals surface area (Å²) in [4.78, 5) is 16.6. The number of nitrogens with zero attached hydrogens (tertiary/aromatic N) is 4. The van der Waals surface area contributed by atoms with Crippen molar-refractivity contribution in [3.05, 3.63) is 83.0 Å². The smallest absolute Gasteiger partial charge is 0.435 e. The van der Waals surface area contributed by atoms with Crippen LogP contribution in [-0.4, -0.2) is 34.0 Å². The Hall–Kier alpha value is -3.99. The fourth-order valence-corrected chi connectivity index (χ4v) is 3.66. The first-order chi connectivity index (χ1) is 15.8. The fraction of sp³-hybridized carbons (Fsp3) is 0.0909. The molecule has 0 spiro atoms. The number of carbonyl (C=O) groups excluding carboxylic acids is 1. The van der Waals surface area contributed by atoms with Gasteiger partial charge in [-0.15, -0.1) is 11.3 Å². The van der Waals surface area contributed by atoms with Gasteiger partial charge in [0.05, 0.1) is 19.0 Å². The predicted octanol–water partition coefficient (Wildman–Crippen LogP) is 4.79. The summed E-state index contributed by atoms with van der Waals surface area (Å²) < 4.78 is 46.1. The number of halogens is 3. The monoisotopic (exact) mass is 471 g/mol. The number of ether oxygens (including phenoxy) is 1. The molecule has 0 fully saturated rings. The van der Waals surface area contributed by atoms with E-state index in [4.69, 9.17) is 4.74 Å². The van der Waals surface area contributed by atoms with Gasteiger partial charge in [-0.2, -0.15) is 23.4 Å². The average molecular weight is 471 g/mol. The molecule has 168 valence electrons. The molecule has 1 amide bonds. The molecule has 2 heterocycles. The molecule has 0 unspecified atom stereocenters. The maximum atomic E-state index is 13.3. The lowest BCUT2D eigenvalue weighted by molar-refractivity contribution is -0.141. The Labute approximate surface area is 190 Å². The molecule has 0 atom stereocenters. The molecule has 7 nitrogen and oxygen atoms in total. The molecule has 1 N–H and O–H groups in total. The first kappa shape index (κ1) is 22.2. The molecule has 0 aliphatic heterocycles. The molecule has 0 aliphatic carbocycles. The Morgan fingerprint density at radius 2 is 1.94 bits per heavy atom. The lowest BCUT2D eigenvalue weighted by Crippen LogP contribution is -2.18. The van der Waals surface area contributed by atoms with E-state index in [0.717, 1.165) is 22.1 Å².